The minimum atomic E-state index is -5.00. The summed E-state index contributed by atoms with van der Waals surface area (Å²) >= 11 is 0. The van der Waals surface area contributed by atoms with E-state index in [1.54, 1.807) is 0 Å². The van der Waals surface area contributed by atoms with Gasteiger partial charge in [0.2, 0.25) is 0 Å². The molecule has 0 bridgehead atoms. The summed E-state index contributed by atoms with van der Waals surface area (Å²) in [7, 11) is 0. The van der Waals surface area contributed by atoms with Crippen LogP contribution in [0.2, 0.25) is 0 Å². The Balaban J connectivity index is 2.59. The third kappa shape index (κ3) is 1.78. The number of hydrogen-bond acceptors (Lipinski definition) is 1. The van der Waals surface area contributed by atoms with E-state index in [4.69, 9.17) is 0 Å². The van der Waals surface area contributed by atoms with Gasteiger partial charge in [0, 0.05) is 12.0 Å². The zero-order valence-corrected chi connectivity index (χ0v) is 7.97. The van der Waals surface area contributed by atoms with E-state index in [1.165, 1.54) is 12.1 Å². The lowest BCUT2D eigenvalue weighted by Crippen LogP contribution is -2.38. The van der Waals surface area contributed by atoms with E-state index < -0.39 is 12.4 Å². The normalized spacial score (nSPS) is 16.3. The highest BCUT2D eigenvalue weighted by atomic mass is 19.4. The van der Waals surface area contributed by atoms with Gasteiger partial charge in [0.1, 0.15) is 0 Å². The molecule has 0 aromatic heterocycles. The van der Waals surface area contributed by atoms with E-state index in [0.717, 1.165) is 6.07 Å². The molecule has 0 heterocycles. The summed E-state index contributed by atoms with van der Waals surface area (Å²) < 4.78 is 38.0. The number of carbonyl (C=O) groups excluding carboxylic acids is 1. The third-order valence-corrected chi connectivity index (χ3v) is 2.70. The summed E-state index contributed by atoms with van der Waals surface area (Å²) in [4.78, 5) is 11.4. The van der Waals surface area contributed by atoms with Crippen molar-refractivity contribution in [2.75, 3.05) is 0 Å². The van der Waals surface area contributed by atoms with Gasteiger partial charge in [-0.25, -0.2) is 0 Å². The monoisotopic (exact) mass is 213 g/mol. The molecular weight excluding hydrogens is 204 g/mol. The van der Waals surface area contributed by atoms with Crippen LogP contribution in [0.5, 0.6) is 0 Å². The molecule has 0 atom stereocenters. The molecule has 0 saturated heterocycles. The first-order chi connectivity index (χ1) is 7.00. The molecule has 15 heavy (non-hydrogen) atoms. The second-order valence-electron chi connectivity index (χ2n) is 3.72. The average molecular weight is 213 g/mol. The molecule has 0 saturated carbocycles. The fourth-order valence-electron chi connectivity index (χ4n) is 2.01. The van der Waals surface area contributed by atoms with Crippen molar-refractivity contribution < 1.29 is 17.7 Å². The van der Waals surface area contributed by atoms with Crippen molar-refractivity contribution in [2.24, 2.45) is 0 Å². The maximum Gasteiger partial charge on any atom is 0.509 e. The van der Waals surface area contributed by atoms with E-state index in [0.29, 0.717) is 19.3 Å². The number of Topliss-reactive ketones (excluding diaryl/α,β-unsaturated/α-hetero) is 1. The molecule has 0 N–H and O–H groups in total. The lowest BCUT2D eigenvalue weighted by molar-refractivity contribution is 0.0972. The van der Waals surface area contributed by atoms with E-state index in [2.05, 4.69) is 0 Å². The second-order valence-corrected chi connectivity index (χ2v) is 3.72. The molecule has 80 valence electrons. The zero-order valence-electron chi connectivity index (χ0n) is 7.97. The summed E-state index contributed by atoms with van der Waals surface area (Å²) in [6.45, 7) is -5.00. The maximum absolute atomic E-state index is 12.7. The number of hydrogen-bond donors (Lipinski definition) is 0. The Morgan fingerprint density at radius 3 is 2.53 bits per heavy atom. The Morgan fingerprint density at radius 2 is 1.87 bits per heavy atom. The lowest BCUT2D eigenvalue weighted by atomic mass is 9.72. The van der Waals surface area contributed by atoms with Gasteiger partial charge in [0.15, 0.2) is 5.78 Å². The van der Waals surface area contributed by atoms with Gasteiger partial charge in [-0.2, -0.15) is 0 Å². The van der Waals surface area contributed by atoms with Crippen molar-refractivity contribution in [2.45, 2.75) is 19.3 Å². The number of carbonyl (C=O) groups is 1. The molecule has 5 heteroatoms. The molecular formula is C10H9BF3O-. The summed E-state index contributed by atoms with van der Waals surface area (Å²) in [6.07, 6.45) is 1.24. The van der Waals surface area contributed by atoms with Crippen molar-refractivity contribution >= 4 is 18.2 Å². The molecule has 0 radical (unpaired) electrons. The number of ketones is 1. The van der Waals surface area contributed by atoms with Gasteiger partial charge in [0.05, 0.1) is 0 Å². The standard InChI is InChI=1S/C10H9BF3O/c12-11(13,14)9-5-1-4-8-7(9)3-2-6-10(8)15/h1,4-5H,2-3,6H2/q-1. The Bertz CT molecular complexity index is 412. The van der Waals surface area contributed by atoms with Gasteiger partial charge in [-0.05, 0) is 12.8 Å². The van der Waals surface area contributed by atoms with Crippen LogP contribution in [0.15, 0.2) is 18.2 Å². The summed E-state index contributed by atoms with van der Waals surface area (Å²) in [6, 6.07) is 3.87. The summed E-state index contributed by atoms with van der Waals surface area (Å²) in [5.74, 6) is -0.168. The molecule has 0 fully saturated rings. The number of halogens is 3. The first kappa shape index (κ1) is 10.3. The zero-order chi connectivity index (χ0) is 11.1. The summed E-state index contributed by atoms with van der Waals surface area (Å²) in [5, 5.41) is 0. The van der Waals surface area contributed by atoms with E-state index >= 15 is 0 Å². The van der Waals surface area contributed by atoms with Gasteiger partial charge in [-0.15, -0.1) is 5.46 Å². The molecule has 1 aliphatic rings. The van der Waals surface area contributed by atoms with Crippen LogP contribution in [-0.4, -0.2) is 12.8 Å². The fourth-order valence-corrected chi connectivity index (χ4v) is 2.01. The SMILES string of the molecule is O=C1CCCc2c1cccc2[B-](F)(F)F. The van der Waals surface area contributed by atoms with Gasteiger partial charge in [-0.3, -0.25) is 4.79 Å². The molecule has 0 spiro atoms. The van der Waals surface area contributed by atoms with Crippen LogP contribution in [-0.2, 0) is 6.42 Å². The first-order valence-electron chi connectivity index (χ1n) is 4.85. The van der Waals surface area contributed by atoms with Crippen LogP contribution in [0.25, 0.3) is 0 Å². The van der Waals surface area contributed by atoms with Crippen LogP contribution >= 0.6 is 0 Å². The molecule has 1 aliphatic carbocycles. The number of fused-ring (bicyclic) bond motifs is 1. The molecule has 0 unspecified atom stereocenters. The molecule has 1 aromatic rings. The predicted molar refractivity (Wildman–Crippen MR) is 52.4 cm³/mol. The Labute approximate surface area is 85.3 Å². The summed E-state index contributed by atoms with van der Waals surface area (Å²) in [5.41, 5.74) is -0.139. The van der Waals surface area contributed by atoms with Gasteiger partial charge in [0.25, 0.3) is 0 Å². The lowest BCUT2D eigenvalue weighted by Gasteiger charge is -2.24. The van der Waals surface area contributed by atoms with Crippen LogP contribution in [0, 0.1) is 0 Å². The van der Waals surface area contributed by atoms with Crippen LogP contribution < -0.4 is 5.46 Å². The number of rotatable bonds is 1. The third-order valence-electron chi connectivity index (χ3n) is 2.70. The minimum Gasteiger partial charge on any atom is -0.445 e. The second kappa shape index (κ2) is 3.40. The maximum atomic E-state index is 12.7. The van der Waals surface area contributed by atoms with E-state index in [9.17, 15) is 17.7 Å². The molecule has 0 aliphatic heterocycles. The minimum absolute atomic E-state index is 0.168. The van der Waals surface area contributed by atoms with Crippen molar-refractivity contribution in [3.8, 4) is 0 Å². The van der Waals surface area contributed by atoms with Crippen molar-refractivity contribution in [1.82, 2.24) is 0 Å². The van der Waals surface area contributed by atoms with E-state index in [-0.39, 0.29) is 16.9 Å². The van der Waals surface area contributed by atoms with Gasteiger partial charge >= 0.3 is 6.98 Å². The number of benzene rings is 1. The molecule has 2 rings (SSSR count). The largest absolute Gasteiger partial charge is 0.509 e. The Kier molecular flexibility index (Phi) is 2.33. The Morgan fingerprint density at radius 1 is 1.13 bits per heavy atom. The van der Waals surface area contributed by atoms with Crippen LogP contribution in [0.3, 0.4) is 0 Å². The van der Waals surface area contributed by atoms with E-state index in [1.807, 2.05) is 0 Å². The smallest absolute Gasteiger partial charge is 0.445 e. The molecule has 0 amide bonds. The van der Waals surface area contributed by atoms with Crippen LogP contribution in [0.4, 0.5) is 12.9 Å². The van der Waals surface area contributed by atoms with Crippen molar-refractivity contribution in [3.63, 3.8) is 0 Å². The topological polar surface area (TPSA) is 17.1 Å². The highest BCUT2D eigenvalue weighted by Gasteiger charge is 2.31. The fraction of sp³-hybridized carbons (Fsp3) is 0.300. The van der Waals surface area contributed by atoms with Gasteiger partial charge < -0.3 is 12.9 Å². The first-order valence-corrected chi connectivity index (χ1v) is 4.85. The molecule has 1 nitrogen and oxygen atoms in total. The highest BCUT2D eigenvalue weighted by molar-refractivity contribution is 6.74. The average Bonchev–Trinajstić information content (AvgIpc) is 2.16. The Hall–Kier alpha value is -1.26. The predicted octanol–water partition coefficient (Wildman–Crippen LogP) is 2.26. The quantitative estimate of drug-likeness (QED) is 0.654. The van der Waals surface area contributed by atoms with Gasteiger partial charge in [-0.1, -0.05) is 23.8 Å². The molecule has 1 aromatic carbocycles. The highest BCUT2D eigenvalue weighted by Crippen LogP contribution is 2.23. The van der Waals surface area contributed by atoms with Crippen molar-refractivity contribution in [3.05, 3.63) is 29.3 Å². The van der Waals surface area contributed by atoms with Crippen LogP contribution in [0.1, 0.15) is 28.8 Å². The van der Waals surface area contributed by atoms with Crippen molar-refractivity contribution in [1.29, 1.82) is 0 Å².